The van der Waals surface area contributed by atoms with Crippen LogP contribution in [-0.4, -0.2) is 59.4 Å². The molecule has 0 bridgehead atoms. The fraction of sp³-hybridized carbons (Fsp3) is 0.333. The number of carboxylic acids is 2. The minimum atomic E-state index is -0.819. The Morgan fingerprint density at radius 2 is 1.07 bits per heavy atom. The molecule has 0 radical (unpaired) electrons. The van der Waals surface area contributed by atoms with Gasteiger partial charge in [-0.3, -0.25) is 9.59 Å². The van der Waals surface area contributed by atoms with Crippen molar-refractivity contribution in [3.05, 3.63) is 106 Å². The fourth-order valence-electron chi connectivity index (χ4n) is 5.94. The van der Waals surface area contributed by atoms with Crippen LogP contribution in [0.15, 0.2) is 61.7 Å². The van der Waals surface area contributed by atoms with E-state index in [9.17, 15) is 9.59 Å². The zero-order valence-corrected chi connectivity index (χ0v) is 31.5. The zero-order chi connectivity index (χ0) is 39.0. The van der Waals surface area contributed by atoms with E-state index in [-0.39, 0.29) is 26.1 Å². The molecule has 0 spiro atoms. The van der Waals surface area contributed by atoms with Crippen LogP contribution in [0.2, 0.25) is 0 Å². The van der Waals surface area contributed by atoms with E-state index >= 15 is 0 Å². The summed E-state index contributed by atoms with van der Waals surface area (Å²) in [6.45, 7) is 14.6. The number of nitrogens with one attached hydrogen (secondary N) is 2. The van der Waals surface area contributed by atoms with Crippen molar-refractivity contribution in [3.63, 3.8) is 0 Å². The highest BCUT2D eigenvalue weighted by molar-refractivity contribution is 5.72. The number of carboxylic acid groups (broad SMARTS) is 2. The Balaban J connectivity index is 1.47. The summed E-state index contributed by atoms with van der Waals surface area (Å²) < 4.78 is 23.7. The standard InChI is InChI=1S/C42H50N4O8/c1-7-29-21-33(23-43-19-11-17-37(47)48)39(51-5)45-41(29)53-25-31-13-9-15-35(27(31)3)36-16-10-14-32(28(36)4)26-54-42-30(8-2)22-34(40(46-42)52-6)24-44-20-12-18-38(49)50/h7-10,13-16,21-22,43-44H,1-2,11-12,17-20,23-26H2,3-6H3,(H,47,48)(H,49,50). The molecule has 0 atom stereocenters. The number of aliphatic carboxylic acids is 2. The second-order valence-corrected chi connectivity index (χ2v) is 12.6. The van der Waals surface area contributed by atoms with E-state index in [1.54, 1.807) is 26.4 Å². The summed E-state index contributed by atoms with van der Waals surface area (Å²) in [7, 11) is 3.11. The molecule has 4 rings (SSSR count). The topological polar surface area (TPSA) is 161 Å². The molecule has 4 aromatic rings. The summed E-state index contributed by atoms with van der Waals surface area (Å²) in [6.07, 6.45) is 4.64. The third-order valence-electron chi connectivity index (χ3n) is 8.97. The summed E-state index contributed by atoms with van der Waals surface area (Å²) in [5.74, 6) is 0.0181. The van der Waals surface area contributed by atoms with Gasteiger partial charge in [-0.15, -0.1) is 0 Å². The van der Waals surface area contributed by atoms with E-state index in [4.69, 9.17) is 29.2 Å². The van der Waals surface area contributed by atoms with Crippen molar-refractivity contribution < 1.29 is 38.7 Å². The van der Waals surface area contributed by atoms with Crippen molar-refractivity contribution in [1.29, 1.82) is 0 Å². The molecule has 2 aromatic carbocycles. The van der Waals surface area contributed by atoms with Crippen LogP contribution in [0.1, 0.15) is 70.2 Å². The van der Waals surface area contributed by atoms with Crippen LogP contribution in [0.5, 0.6) is 23.5 Å². The number of nitrogens with zero attached hydrogens (tertiary/aromatic N) is 2. The number of pyridine rings is 2. The smallest absolute Gasteiger partial charge is 0.303 e. The normalized spacial score (nSPS) is 10.8. The molecule has 12 heteroatoms. The van der Waals surface area contributed by atoms with E-state index in [0.29, 0.717) is 62.5 Å². The lowest BCUT2D eigenvalue weighted by molar-refractivity contribution is -0.138. The summed E-state index contributed by atoms with van der Waals surface area (Å²) in [5, 5.41) is 24.2. The molecular weight excluding hydrogens is 688 g/mol. The molecule has 0 aliphatic heterocycles. The van der Waals surface area contributed by atoms with E-state index in [0.717, 1.165) is 55.6 Å². The van der Waals surface area contributed by atoms with Crippen LogP contribution in [0.3, 0.4) is 0 Å². The first kappa shape index (κ1) is 41.0. The van der Waals surface area contributed by atoms with Gasteiger partial charge in [0.2, 0.25) is 23.5 Å². The molecule has 54 heavy (non-hydrogen) atoms. The van der Waals surface area contributed by atoms with Gasteiger partial charge in [-0.25, -0.2) is 0 Å². The fourth-order valence-corrected chi connectivity index (χ4v) is 5.94. The molecule has 4 N–H and O–H groups in total. The number of hydrogen-bond acceptors (Lipinski definition) is 10. The van der Waals surface area contributed by atoms with Crippen molar-refractivity contribution in [1.82, 2.24) is 20.6 Å². The quantitative estimate of drug-likeness (QED) is 0.0571. The van der Waals surface area contributed by atoms with Crippen LogP contribution >= 0.6 is 0 Å². The second kappa shape index (κ2) is 20.5. The number of aromatic nitrogens is 2. The van der Waals surface area contributed by atoms with Crippen molar-refractivity contribution in [3.8, 4) is 34.6 Å². The van der Waals surface area contributed by atoms with Gasteiger partial charge < -0.3 is 39.8 Å². The average molecular weight is 739 g/mol. The molecule has 2 heterocycles. The molecular formula is C42H50N4O8. The molecule has 12 nitrogen and oxygen atoms in total. The summed E-state index contributed by atoms with van der Waals surface area (Å²) in [5.41, 5.74) is 9.36. The predicted molar refractivity (Wildman–Crippen MR) is 209 cm³/mol. The molecule has 0 fully saturated rings. The zero-order valence-electron chi connectivity index (χ0n) is 31.5. The number of methoxy groups -OCH3 is 2. The lowest BCUT2D eigenvalue weighted by Gasteiger charge is -2.18. The van der Waals surface area contributed by atoms with Gasteiger partial charge in [0.15, 0.2) is 0 Å². The first-order valence-corrected chi connectivity index (χ1v) is 17.8. The number of hydrogen-bond donors (Lipinski definition) is 4. The van der Waals surface area contributed by atoms with Gasteiger partial charge in [-0.05, 0) is 85.3 Å². The molecule has 0 aliphatic carbocycles. The summed E-state index contributed by atoms with van der Waals surface area (Å²) in [4.78, 5) is 30.9. The minimum Gasteiger partial charge on any atom is -0.481 e. The van der Waals surface area contributed by atoms with Crippen molar-refractivity contribution >= 4 is 24.1 Å². The molecule has 0 aliphatic rings. The highest BCUT2D eigenvalue weighted by Crippen LogP contribution is 2.33. The van der Waals surface area contributed by atoms with Crippen molar-refractivity contribution in [2.75, 3.05) is 27.3 Å². The van der Waals surface area contributed by atoms with Crippen molar-refractivity contribution in [2.45, 2.75) is 65.8 Å². The maximum absolute atomic E-state index is 10.8. The van der Waals surface area contributed by atoms with Gasteiger partial charge in [0.25, 0.3) is 0 Å². The number of carbonyl (C=O) groups is 2. The maximum Gasteiger partial charge on any atom is 0.303 e. The van der Waals surface area contributed by atoms with E-state index in [1.165, 1.54) is 0 Å². The van der Waals surface area contributed by atoms with E-state index in [2.05, 4.69) is 59.7 Å². The Hall–Kier alpha value is -5.72. The predicted octanol–water partition coefficient (Wildman–Crippen LogP) is 7.13. The van der Waals surface area contributed by atoms with Crippen LogP contribution in [0.4, 0.5) is 0 Å². The van der Waals surface area contributed by atoms with Gasteiger partial charge in [0, 0.05) is 48.2 Å². The Kier molecular flexibility index (Phi) is 15.6. The van der Waals surface area contributed by atoms with E-state index in [1.807, 2.05) is 36.4 Å². The van der Waals surface area contributed by atoms with Crippen molar-refractivity contribution in [2.24, 2.45) is 0 Å². The Morgan fingerprint density at radius 1 is 0.667 bits per heavy atom. The molecule has 0 amide bonds. The molecule has 0 saturated heterocycles. The monoisotopic (exact) mass is 738 g/mol. The molecule has 286 valence electrons. The second-order valence-electron chi connectivity index (χ2n) is 12.6. The lowest BCUT2D eigenvalue weighted by atomic mass is 9.92. The van der Waals surface area contributed by atoms with Gasteiger partial charge in [0.05, 0.1) is 14.2 Å². The highest BCUT2D eigenvalue weighted by atomic mass is 16.5. The third-order valence-corrected chi connectivity index (χ3v) is 8.97. The van der Waals surface area contributed by atoms with Crippen LogP contribution in [0, 0.1) is 13.8 Å². The molecule has 2 aromatic heterocycles. The van der Waals surface area contributed by atoms with Gasteiger partial charge >= 0.3 is 11.9 Å². The minimum absolute atomic E-state index is 0.105. The number of rotatable bonds is 23. The van der Waals surface area contributed by atoms with Crippen LogP contribution in [-0.2, 0) is 35.9 Å². The Morgan fingerprint density at radius 3 is 1.43 bits per heavy atom. The first-order chi connectivity index (χ1) is 26.1. The largest absolute Gasteiger partial charge is 0.481 e. The average Bonchev–Trinajstić information content (AvgIpc) is 3.16. The molecule has 0 unspecified atom stereocenters. The maximum atomic E-state index is 10.8. The van der Waals surface area contributed by atoms with Crippen LogP contribution < -0.4 is 29.6 Å². The Bertz CT molecular complexity index is 1810. The summed E-state index contributed by atoms with van der Waals surface area (Å²) >= 11 is 0. The highest BCUT2D eigenvalue weighted by Gasteiger charge is 2.17. The number of ether oxygens (including phenoxy) is 4. The first-order valence-electron chi connectivity index (χ1n) is 17.8. The summed E-state index contributed by atoms with van der Waals surface area (Å²) in [6, 6.07) is 16.1. The number of benzene rings is 2. The van der Waals surface area contributed by atoms with Gasteiger partial charge in [0.1, 0.15) is 13.2 Å². The Labute approximate surface area is 316 Å². The molecule has 0 saturated carbocycles. The van der Waals surface area contributed by atoms with E-state index < -0.39 is 11.9 Å². The van der Waals surface area contributed by atoms with Crippen LogP contribution in [0.25, 0.3) is 23.3 Å². The van der Waals surface area contributed by atoms with Gasteiger partial charge in [-0.2, -0.15) is 9.97 Å². The lowest BCUT2D eigenvalue weighted by Crippen LogP contribution is -2.17. The third kappa shape index (κ3) is 11.1. The SMILES string of the molecule is C=Cc1cc(CNCCCC(=O)O)c(OC)nc1OCc1cccc(-c2cccc(COc3nc(OC)c(CNCCCC(=O)O)cc3C=C)c2C)c1C. The van der Waals surface area contributed by atoms with Gasteiger partial charge in [-0.1, -0.05) is 61.7 Å².